The molecule has 1 aromatic carbocycles. The summed E-state index contributed by atoms with van der Waals surface area (Å²) in [6.45, 7) is 0. The number of allylic oxidation sites excluding steroid dienone is 1. The molecule has 0 fully saturated rings. The fourth-order valence-corrected chi connectivity index (χ4v) is 1.63. The van der Waals surface area contributed by atoms with Crippen LogP contribution in [0.1, 0.15) is 16.2 Å². The maximum absolute atomic E-state index is 11.8. The van der Waals surface area contributed by atoms with Crippen LogP contribution in [-0.2, 0) is 4.74 Å². The Labute approximate surface area is 125 Å². The lowest BCUT2D eigenvalue weighted by atomic mass is 10.1. The summed E-state index contributed by atoms with van der Waals surface area (Å²) in [5.41, 5.74) is 0.868. The van der Waals surface area contributed by atoms with Crippen LogP contribution in [-0.4, -0.2) is 40.8 Å². The van der Waals surface area contributed by atoms with E-state index < -0.39 is 5.97 Å². The van der Waals surface area contributed by atoms with Gasteiger partial charge < -0.3 is 14.8 Å². The molecule has 1 heterocycles. The van der Waals surface area contributed by atoms with Gasteiger partial charge in [-0.25, -0.2) is 4.79 Å². The number of carbonyl (C=O) groups is 1. The largest absolute Gasteiger partial charge is 0.497 e. The summed E-state index contributed by atoms with van der Waals surface area (Å²) < 4.78 is 9.80. The molecule has 112 valence electrons. The van der Waals surface area contributed by atoms with Gasteiger partial charge in [0, 0.05) is 6.20 Å². The van der Waals surface area contributed by atoms with Crippen LogP contribution in [0.4, 0.5) is 5.69 Å². The number of H-pyrrole nitrogens is 1. The van der Waals surface area contributed by atoms with Gasteiger partial charge in [0.2, 0.25) is 5.82 Å². The minimum Gasteiger partial charge on any atom is -0.497 e. The molecule has 0 aliphatic carbocycles. The number of aromatic amines is 1. The first kappa shape index (κ1) is 15.0. The first-order valence-corrected chi connectivity index (χ1v) is 6.06. The van der Waals surface area contributed by atoms with Crippen LogP contribution in [0.25, 0.3) is 5.57 Å². The molecule has 0 bridgehead atoms. The molecular weight excluding hydrogens is 288 g/mol. The number of carbonyl (C=O) groups excluding carboxylic acids is 1. The number of esters is 1. The number of anilines is 1. The summed E-state index contributed by atoms with van der Waals surface area (Å²) in [4.78, 5) is 11.8. The summed E-state index contributed by atoms with van der Waals surface area (Å²) in [7, 11) is 2.77. The number of hydrogen-bond donors (Lipinski definition) is 2. The van der Waals surface area contributed by atoms with Crippen molar-refractivity contribution in [2.45, 2.75) is 0 Å². The van der Waals surface area contributed by atoms with Gasteiger partial charge in [-0.2, -0.15) is 10.5 Å². The quantitative estimate of drug-likeness (QED) is 0.618. The highest BCUT2D eigenvalue weighted by atomic mass is 16.5. The first-order chi connectivity index (χ1) is 10.7. The number of methoxy groups -OCH3 is 2. The number of rotatable bonds is 5. The minimum absolute atomic E-state index is 0.142. The van der Waals surface area contributed by atoms with Gasteiger partial charge in [0.25, 0.3) is 0 Å². The summed E-state index contributed by atoms with van der Waals surface area (Å²) in [6, 6.07) is 6.76. The van der Waals surface area contributed by atoms with E-state index in [9.17, 15) is 4.79 Å². The molecule has 2 N–H and O–H groups in total. The third-order valence-electron chi connectivity index (χ3n) is 2.71. The Balaban J connectivity index is 2.33. The van der Waals surface area contributed by atoms with Gasteiger partial charge in [-0.1, -0.05) is 0 Å². The van der Waals surface area contributed by atoms with Crippen molar-refractivity contribution < 1.29 is 14.3 Å². The summed E-state index contributed by atoms with van der Waals surface area (Å²) in [5, 5.41) is 25.0. The lowest BCUT2D eigenvalue weighted by molar-refractivity contribution is 0.0601. The van der Waals surface area contributed by atoms with Crippen molar-refractivity contribution in [1.82, 2.24) is 20.6 Å². The lowest BCUT2D eigenvalue weighted by Crippen LogP contribution is -2.06. The van der Waals surface area contributed by atoms with Crippen molar-refractivity contribution in [3.05, 3.63) is 35.8 Å². The number of aromatic nitrogens is 4. The Kier molecular flexibility index (Phi) is 4.66. The van der Waals surface area contributed by atoms with E-state index in [1.807, 2.05) is 6.07 Å². The van der Waals surface area contributed by atoms with Crippen LogP contribution in [0, 0.1) is 11.3 Å². The molecule has 0 aliphatic rings. The van der Waals surface area contributed by atoms with Crippen molar-refractivity contribution in [1.29, 1.82) is 5.26 Å². The lowest BCUT2D eigenvalue weighted by Gasteiger charge is -2.09. The molecule has 0 spiro atoms. The van der Waals surface area contributed by atoms with Crippen LogP contribution >= 0.6 is 0 Å². The average molecular weight is 300 g/mol. The molecule has 0 radical (unpaired) electrons. The van der Waals surface area contributed by atoms with Crippen LogP contribution < -0.4 is 10.1 Å². The van der Waals surface area contributed by atoms with E-state index in [1.54, 1.807) is 12.1 Å². The highest BCUT2D eigenvalue weighted by molar-refractivity contribution is 5.96. The van der Waals surface area contributed by atoms with Gasteiger partial charge in [0.05, 0.1) is 25.5 Å². The fraction of sp³-hybridized carbons (Fsp3) is 0.154. The van der Waals surface area contributed by atoms with Gasteiger partial charge in [-0.15, -0.1) is 10.2 Å². The molecule has 0 saturated carbocycles. The Morgan fingerprint density at radius 2 is 2.27 bits per heavy atom. The Hall–Kier alpha value is -3.41. The maximum atomic E-state index is 11.8. The molecule has 0 unspecified atom stereocenters. The van der Waals surface area contributed by atoms with E-state index in [2.05, 4.69) is 25.9 Å². The van der Waals surface area contributed by atoms with Crippen LogP contribution in [0.2, 0.25) is 0 Å². The molecular formula is C13H12N6O3. The molecule has 9 heteroatoms. The van der Waals surface area contributed by atoms with Crippen molar-refractivity contribution in [2.75, 3.05) is 19.5 Å². The summed E-state index contributed by atoms with van der Waals surface area (Å²) in [5.74, 6) is 0.115. The zero-order valence-electron chi connectivity index (χ0n) is 11.8. The van der Waals surface area contributed by atoms with E-state index >= 15 is 0 Å². The van der Waals surface area contributed by atoms with E-state index in [0.717, 1.165) is 0 Å². The van der Waals surface area contributed by atoms with Crippen LogP contribution in [0.15, 0.2) is 24.4 Å². The van der Waals surface area contributed by atoms with E-state index in [0.29, 0.717) is 11.4 Å². The minimum atomic E-state index is -0.534. The second-order valence-corrected chi connectivity index (χ2v) is 3.95. The Morgan fingerprint density at radius 1 is 1.45 bits per heavy atom. The van der Waals surface area contributed by atoms with E-state index in [1.165, 1.54) is 26.5 Å². The van der Waals surface area contributed by atoms with E-state index in [4.69, 9.17) is 14.7 Å². The second-order valence-electron chi connectivity index (χ2n) is 3.95. The number of hydrogen-bond acceptors (Lipinski definition) is 8. The number of ether oxygens (including phenoxy) is 2. The molecule has 0 aliphatic heterocycles. The predicted octanol–water partition coefficient (Wildman–Crippen LogP) is 0.971. The van der Waals surface area contributed by atoms with E-state index in [-0.39, 0.29) is 17.0 Å². The molecule has 2 rings (SSSR count). The third-order valence-corrected chi connectivity index (χ3v) is 2.71. The van der Waals surface area contributed by atoms with Crippen molar-refractivity contribution in [2.24, 2.45) is 0 Å². The average Bonchev–Trinajstić information content (AvgIpc) is 3.09. The van der Waals surface area contributed by atoms with Crippen LogP contribution in [0.5, 0.6) is 5.75 Å². The number of benzene rings is 1. The molecule has 0 saturated heterocycles. The van der Waals surface area contributed by atoms with Crippen molar-refractivity contribution >= 4 is 17.2 Å². The molecule has 2 aromatic rings. The zero-order valence-corrected chi connectivity index (χ0v) is 11.8. The van der Waals surface area contributed by atoms with Gasteiger partial charge in [0.1, 0.15) is 17.4 Å². The molecule has 22 heavy (non-hydrogen) atoms. The van der Waals surface area contributed by atoms with Gasteiger partial charge in [0.15, 0.2) is 0 Å². The number of nitriles is 1. The Bertz CT molecular complexity index is 733. The SMILES string of the molecule is COC(=O)c1cc(OC)ccc1NC=C(C#N)c1nn[nH]n1. The number of nitrogens with one attached hydrogen (secondary N) is 2. The monoisotopic (exact) mass is 300 g/mol. The molecule has 9 nitrogen and oxygen atoms in total. The Morgan fingerprint density at radius 3 is 2.86 bits per heavy atom. The topological polar surface area (TPSA) is 126 Å². The molecule has 1 aromatic heterocycles. The van der Waals surface area contributed by atoms with Gasteiger partial charge >= 0.3 is 5.97 Å². The number of tetrazole rings is 1. The zero-order chi connectivity index (χ0) is 15.9. The smallest absolute Gasteiger partial charge is 0.340 e. The summed E-state index contributed by atoms with van der Waals surface area (Å²) in [6.07, 6.45) is 1.37. The first-order valence-electron chi connectivity index (χ1n) is 6.06. The maximum Gasteiger partial charge on any atom is 0.340 e. The third kappa shape index (κ3) is 3.18. The normalized spacial score (nSPS) is 10.7. The van der Waals surface area contributed by atoms with Gasteiger partial charge in [-0.3, -0.25) is 0 Å². The predicted molar refractivity (Wildman–Crippen MR) is 75.7 cm³/mol. The summed E-state index contributed by atoms with van der Waals surface area (Å²) >= 11 is 0. The number of nitrogens with zero attached hydrogens (tertiary/aromatic N) is 4. The van der Waals surface area contributed by atoms with Crippen molar-refractivity contribution in [3.63, 3.8) is 0 Å². The van der Waals surface area contributed by atoms with Gasteiger partial charge in [-0.05, 0) is 23.4 Å². The highest BCUT2D eigenvalue weighted by Gasteiger charge is 2.13. The highest BCUT2D eigenvalue weighted by Crippen LogP contribution is 2.23. The standard InChI is InChI=1S/C13H12N6O3/c1-21-9-3-4-11(10(5-9)13(20)22-2)15-7-8(6-14)12-16-18-19-17-12/h3-5,7,15H,1-2H3,(H,16,17,18,19). The molecule has 0 atom stereocenters. The molecule has 0 amide bonds. The van der Waals surface area contributed by atoms with Crippen LogP contribution in [0.3, 0.4) is 0 Å². The fourth-order valence-electron chi connectivity index (χ4n) is 1.63. The second kappa shape index (κ2) is 6.85. The van der Waals surface area contributed by atoms with Crippen molar-refractivity contribution in [3.8, 4) is 11.8 Å².